The zero-order chi connectivity index (χ0) is 19.3. The highest BCUT2D eigenvalue weighted by atomic mass is 16.5. The molecule has 2 aliphatic rings. The van der Waals surface area contributed by atoms with Crippen LogP contribution in [0.5, 0.6) is 5.75 Å². The molecule has 28 heavy (non-hydrogen) atoms. The van der Waals surface area contributed by atoms with Crippen LogP contribution in [0.1, 0.15) is 41.9 Å². The van der Waals surface area contributed by atoms with Crippen LogP contribution in [0, 0.1) is 0 Å². The van der Waals surface area contributed by atoms with Crippen molar-refractivity contribution in [3.8, 4) is 5.75 Å². The van der Waals surface area contributed by atoms with E-state index in [0.29, 0.717) is 5.91 Å². The van der Waals surface area contributed by atoms with E-state index in [-0.39, 0.29) is 5.92 Å². The Hall–Kier alpha value is -2.33. The minimum absolute atomic E-state index is 0.0538. The lowest BCUT2D eigenvalue weighted by Gasteiger charge is -2.30. The molecule has 4 nitrogen and oxygen atoms in total. The zero-order valence-corrected chi connectivity index (χ0v) is 16.8. The third kappa shape index (κ3) is 4.22. The molecule has 0 N–H and O–H groups in total. The summed E-state index contributed by atoms with van der Waals surface area (Å²) < 4.78 is 5.24. The molecule has 0 bridgehead atoms. The van der Waals surface area contributed by atoms with E-state index in [1.165, 1.54) is 16.7 Å². The Bertz CT molecular complexity index is 803. The lowest BCUT2D eigenvalue weighted by molar-refractivity contribution is -0.133. The summed E-state index contributed by atoms with van der Waals surface area (Å²) in [7, 11) is 1.69. The molecule has 4 rings (SSSR count). The fourth-order valence-electron chi connectivity index (χ4n) is 4.57. The number of ether oxygens (including phenoxy) is 1. The molecular formula is C24H30N2O2. The molecule has 1 unspecified atom stereocenters. The lowest BCUT2D eigenvalue weighted by Crippen LogP contribution is -2.39. The quantitative estimate of drug-likeness (QED) is 0.810. The molecule has 2 aromatic carbocycles. The van der Waals surface area contributed by atoms with Crippen LogP contribution >= 0.6 is 0 Å². The van der Waals surface area contributed by atoms with Gasteiger partial charge in [-0.2, -0.15) is 0 Å². The van der Waals surface area contributed by atoms with Crippen LogP contribution in [-0.4, -0.2) is 49.0 Å². The minimum Gasteiger partial charge on any atom is -0.497 e. The summed E-state index contributed by atoms with van der Waals surface area (Å²) in [5, 5.41) is 0. The van der Waals surface area contributed by atoms with Crippen molar-refractivity contribution in [2.75, 3.05) is 33.3 Å². The monoisotopic (exact) mass is 378 g/mol. The number of nitrogens with zero attached hydrogens (tertiary/aromatic N) is 2. The van der Waals surface area contributed by atoms with Crippen molar-refractivity contribution in [2.24, 2.45) is 0 Å². The van der Waals surface area contributed by atoms with Crippen LogP contribution in [0.2, 0.25) is 0 Å². The van der Waals surface area contributed by atoms with E-state index < -0.39 is 0 Å². The normalized spacial score (nSPS) is 20.3. The maximum Gasteiger partial charge on any atom is 0.230 e. The van der Waals surface area contributed by atoms with Gasteiger partial charge in [0.05, 0.1) is 13.0 Å². The van der Waals surface area contributed by atoms with Gasteiger partial charge in [-0.05, 0) is 54.5 Å². The van der Waals surface area contributed by atoms with Gasteiger partial charge in [0.15, 0.2) is 0 Å². The Labute approximate surface area is 168 Å². The molecule has 0 saturated carbocycles. The number of fused-ring (bicyclic) bond motifs is 1. The minimum atomic E-state index is 0.0538. The molecule has 1 heterocycles. The van der Waals surface area contributed by atoms with Crippen LogP contribution in [-0.2, 0) is 17.8 Å². The molecule has 4 heteroatoms. The standard InChI is InChI=1S/C24H30N2O2/c1-28-21-12-10-19(11-13-21)18-25-14-5-15-26(17-16-25)24(27)23-9-4-7-20-6-2-3-8-22(20)23/h2-3,6,8,10-13,23H,4-5,7,9,14-18H2,1H3. The topological polar surface area (TPSA) is 32.8 Å². The van der Waals surface area contributed by atoms with Crippen LogP contribution in [0.15, 0.2) is 48.5 Å². The molecule has 1 fully saturated rings. The number of methoxy groups -OCH3 is 1. The fourth-order valence-corrected chi connectivity index (χ4v) is 4.57. The average Bonchev–Trinajstić information content (AvgIpc) is 2.99. The molecular weight excluding hydrogens is 348 g/mol. The first kappa shape index (κ1) is 19.0. The van der Waals surface area contributed by atoms with Crippen molar-refractivity contribution in [3.05, 3.63) is 65.2 Å². The predicted molar refractivity (Wildman–Crippen MR) is 112 cm³/mol. The summed E-state index contributed by atoms with van der Waals surface area (Å²) in [5.41, 5.74) is 3.92. The molecule has 1 aliphatic carbocycles. The number of hydrogen-bond acceptors (Lipinski definition) is 3. The van der Waals surface area contributed by atoms with E-state index in [2.05, 4.69) is 46.2 Å². The number of benzene rings is 2. The Balaban J connectivity index is 1.38. The summed E-state index contributed by atoms with van der Waals surface area (Å²) in [4.78, 5) is 17.9. The van der Waals surface area contributed by atoms with E-state index in [1.54, 1.807) is 7.11 Å². The van der Waals surface area contributed by atoms with Crippen molar-refractivity contribution in [3.63, 3.8) is 0 Å². The molecule has 1 saturated heterocycles. The highest BCUT2D eigenvalue weighted by Gasteiger charge is 2.30. The third-order valence-electron chi connectivity index (χ3n) is 6.13. The zero-order valence-electron chi connectivity index (χ0n) is 16.8. The van der Waals surface area contributed by atoms with E-state index >= 15 is 0 Å². The lowest BCUT2D eigenvalue weighted by atomic mass is 9.82. The van der Waals surface area contributed by atoms with Gasteiger partial charge < -0.3 is 9.64 Å². The summed E-state index contributed by atoms with van der Waals surface area (Å²) in [6.07, 6.45) is 4.25. The first-order chi connectivity index (χ1) is 13.7. The molecule has 0 spiro atoms. The molecule has 1 aliphatic heterocycles. The largest absolute Gasteiger partial charge is 0.497 e. The van der Waals surface area contributed by atoms with E-state index in [4.69, 9.17) is 4.74 Å². The van der Waals surface area contributed by atoms with E-state index in [1.807, 2.05) is 12.1 Å². The summed E-state index contributed by atoms with van der Waals surface area (Å²) in [5.74, 6) is 1.28. The van der Waals surface area contributed by atoms with Gasteiger partial charge >= 0.3 is 0 Å². The SMILES string of the molecule is COc1ccc(CN2CCCN(C(=O)C3CCCc4ccccc43)CC2)cc1. The summed E-state index contributed by atoms with van der Waals surface area (Å²) in [6, 6.07) is 16.8. The maximum absolute atomic E-state index is 13.3. The molecule has 148 valence electrons. The molecule has 0 aromatic heterocycles. The predicted octanol–water partition coefficient (Wildman–Crippen LogP) is 3.85. The molecule has 2 aromatic rings. The van der Waals surface area contributed by atoms with Gasteiger partial charge in [0.2, 0.25) is 5.91 Å². The number of carbonyl (C=O) groups excluding carboxylic acids is 1. The second-order valence-electron chi connectivity index (χ2n) is 7.95. The van der Waals surface area contributed by atoms with Gasteiger partial charge in [0, 0.05) is 32.7 Å². The Kier molecular flexibility index (Phi) is 5.96. The van der Waals surface area contributed by atoms with Gasteiger partial charge in [-0.15, -0.1) is 0 Å². The number of amides is 1. The molecule has 1 amide bonds. The summed E-state index contributed by atoms with van der Waals surface area (Å²) in [6.45, 7) is 4.60. The van der Waals surface area contributed by atoms with Crippen LogP contribution in [0.4, 0.5) is 0 Å². The number of rotatable bonds is 4. The second-order valence-corrected chi connectivity index (χ2v) is 7.95. The number of aryl methyl sites for hydroxylation is 1. The Morgan fingerprint density at radius 1 is 1.00 bits per heavy atom. The Morgan fingerprint density at radius 3 is 2.64 bits per heavy atom. The highest BCUT2D eigenvalue weighted by Crippen LogP contribution is 2.33. The number of carbonyl (C=O) groups is 1. The van der Waals surface area contributed by atoms with E-state index in [0.717, 1.165) is 64.2 Å². The van der Waals surface area contributed by atoms with E-state index in [9.17, 15) is 4.79 Å². The van der Waals surface area contributed by atoms with Crippen molar-refractivity contribution in [1.82, 2.24) is 9.80 Å². The van der Waals surface area contributed by atoms with Crippen LogP contribution in [0.3, 0.4) is 0 Å². The maximum atomic E-state index is 13.3. The van der Waals surface area contributed by atoms with Crippen molar-refractivity contribution >= 4 is 5.91 Å². The smallest absolute Gasteiger partial charge is 0.230 e. The van der Waals surface area contributed by atoms with Crippen molar-refractivity contribution in [2.45, 2.75) is 38.1 Å². The second kappa shape index (κ2) is 8.78. The third-order valence-corrected chi connectivity index (χ3v) is 6.13. The number of hydrogen-bond donors (Lipinski definition) is 0. The van der Waals surface area contributed by atoms with Gasteiger partial charge in [-0.25, -0.2) is 0 Å². The fraction of sp³-hybridized carbons (Fsp3) is 0.458. The van der Waals surface area contributed by atoms with Gasteiger partial charge in [0.1, 0.15) is 5.75 Å². The average molecular weight is 379 g/mol. The van der Waals surface area contributed by atoms with Crippen LogP contribution in [0.25, 0.3) is 0 Å². The molecule has 0 radical (unpaired) electrons. The molecule has 1 atom stereocenters. The first-order valence-corrected chi connectivity index (χ1v) is 10.5. The van der Waals surface area contributed by atoms with Crippen molar-refractivity contribution in [1.29, 1.82) is 0 Å². The Morgan fingerprint density at radius 2 is 1.82 bits per heavy atom. The first-order valence-electron chi connectivity index (χ1n) is 10.5. The van der Waals surface area contributed by atoms with Crippen molar-refractivity contribution < 1.29 is 9.53 Å². The van der Waals surface area contributed by atoms with Gasteiger partial charge in [-0.1, -0.05) is 36.4 Å². The highest BCUT2D eigenvalue weighted by molar-refractivity contribution is 5.84. The summed E-state index contributed by atoms with van der Waals surface area (Å²) >= 11 is 0. The van der Waals surface area contributed by atoms with Gasteiger partial charge in [-0.3, -0.25) is 9.69 Å². The van der Waals surface area contributed by atoms with Crippen LogP contribution < -0.4 is 4.74 Å². The van der Waals surface area contributed by atoms with Gasteiger partial charge in [0.25, 0.3) is 0 Å².